The fraction of sp³-hybridized carbons (Fsp3) is 0.267. The standard InChI is InChI=1S/C15H14BrNO6S/c1-3-23-12(18)7-17-14(20)11(24-15(17)21)5-8-4-9(16)6-10(22-2)13(8)19/h4-6,19H,3,7H2,1-2H3/b11-5+. The molecule has 7 nitrogen and oxygen atoms in total. The molecule has 0 atom stereocenters. The molecule has 1 aromatic rings. The maximum atomic E-state index is 12.3. The van der Waals surface area contributed by atoms with Crippen LogP contribution in [0, 0.1) is 0 Å². The van der Waals surface area contributed by atoms with Crippen LogP contribution in [0.5, 0.6) is 11.5 Å². The lowest BCUT2D eigenvalue weighted by Crippen LogP contribution is -2.34. The highest BCUT2D eigenvalue weighted by molar-refractivity contribution is 9.10. The summed E-state index contributed by atoms with van der Waals surface area (Å²) in [5.74, 6) is -1.20. The van der Waals surface area contributed by atoms with Crippen molar-refractivity contribution in [1.82, 2.24) is 4.90 Å². The number of carbonyl (C=O) groups excluding carboxylic acids is 3. The van der Waals surface area contributed by atoms with Crippen LogP contribution in [0.25, 0.3) is 6.08 Å². The Morgan fingerprint density at radius 2 is 2.12 bits per heavy atom. The first-order chi connectivity index (χ1) is 11.4. The highest BCUT2D eigenvalue weighted by atomic mass is 79.9. The first kappa shape index (κ1) is 18.3. The third kappa shape index (κ3) is 3.90. The molecule has 1 aliphatic heterocycles. The second kappa shape index (κ2) is 7.71. The van der Waals surface area contributed by atoms with Crippen molar-refractivity contribution < 1.29 is 29.0 Å². The molecule has 2 rings (SSSR count). The van der Waals surface area contributed by atoms with Crippen molar-refractivity contribution in [3.8, 4) is 11.5 Å². The molecule has 1 saturated heterocycles. The van der Waals surface area contributed by atoms with Crippen LogP contribution < -0.4 is 4.74 Å². The summed E-state index contributed by atoms with van der Waals surface area (Å²) in [6.45, 7) is 1.36. The van der Waals surface area contributed by atoms with Gasteiger partial charge < -0.3 is 14.6 Å². The van der Waals surface area contributed by atoms with Gasteiger partial charge in [0.05, 0.1) is 18.6 Å². The number of phenolic OH excluding ortho intramolecular Hbond substituents is 1. The van der Waals surface area contributed by atoms with Gasteiger partial charge in [0.15, 0.2) is 11.5 Å². The topological polar surface area (TPSA) is 93.1 Å². The Labute approximate surface area is 150 Å². The number of rotatable bonds is 5. The Morgan fingerprint density at radius 3 is 2.75 bits per heavy atom. The zero-order chi connectivity index (χ0) is 17.9. The van der Waals surface area contributed by atoms with E-state index >= 15 is 0 Å². The van der Waals surface area contributed by atoms with Crippen molar-refractivity contribution in [2.45, 2.75) is 6.92 Å². The summed E-state index contributed by atoms with van der Waals surface area (Å²) < 4.78 is 10.4. The number of benzene rings is 1. The number of imide groups is 1. The van der Waals surface area contributed by atoms with Crippen LogP contribution in [0.4, 0.5) is 4.79 Å². The molecule has 1 heterocycles. The number of carbonyl (C=O) groups is 3. The first-order valence-corrected chi connectivity index (χ1v) is 8.45. The second-order valence-electron chi connectivity index (χ2n) is 4.62. The van der Waals surface area contributed by atoms with Crippen molar-refractivity contribution in [2.75, 3.05) is 20.3 Å². The Morgan fingerprint density at radius 1 is 1.42 bits per heavy atom. The highest BCUT2D eigenvalue weighted by Gasteiger charge is 2.36. The zero-order valence-corrected chi connectivity index (χ0v) is 15.3. The molecule has 0 bridgehead atoms. The van der Waals surface area contributed by atoms with E-state index in [1.54, 1.807) is 19.1 Å². The summed E-state index contributed by atoms with van der Waals surface area (Å²) in [6.07, 6.45) is 1.37. The molecule has 1 fully saturated rings. The van der Waals surface area contributed by atoms with E-state index in [9.17, 15) is 19.5 Å². The van der Waals surface area contributed by atoms with Gasteiger partial charge in [-0.25, -0.2) is 0 Å². The third-order valence-corrected chi connectivity index (χ3v) is 4.41. The fourth-order valence-corrected chi connectivity index (χ4v) is 3.26. The van der Waals surface area contributed by atoms with Crippen molar-refractivity contribution in [2.24, 2.45) is 0 Å². The van der Waals surface area contributed by atoms with Crippen LogP contribution >= 0.6 is 27.7 Å². The van der Waals surface area contributed by atoms with E-state index in [2.05, 4.69) is 15.9 Å². The molecule has 0 aromatic heterocycles. The largest absolute Gasteiger partial charge is 0.504 e. The number of hydrogen-bond donors (Lipinski definition) is 1. The van der Waals surface area contributed by atoms with Crippen LogP contribution in [0.3, 0.4) is 0 Å². The van der Waals surface area contributed by atoms with E-state index in [0.29, 0.717) is 21.8 Å². The number of aromatic hydroxyl groups is 1. The molecule has 128 valence electrons. The predicted molar refractivity (Wildman–Crippen MR) is 91.7 cm³/mol. The normalized spacial score (nSPS) is 16.0. The summed E-state index contributed by atoms with van der Waals surface area (Å²) in [5, 5.41) is 9.55. The minimum atomic E-state index is -0.659. The van der Waals surface area contributed by atoms with Crippen LogP contribution in [0.1, 0.15) is 12.5 Å². The number of nitrogens with zero attached hydrogens (tertiary/aromatic N) is 1. The van der Waals surface area contributed by atoms with E-state index in [1.165, 1.54) is 13.2 Å². The maximum Gasteiger partial charge on any atom is 0.326 e. The van der Waals surface area contributed by atoms with E-state index in [1.807, 2.05) is 0 Å². The van der Waals surface area contributed by atoms with Crippen LogP contribution in [0.2, 0.25) is 0 Å². The van der Waals surface area contributed by atoms with Crippen LogP contribution in [-0.4, -0.2) is 47.4 Å². The predicted octanol–water partition coefficient (Wildman–Crippen LogP) is 2.76. The number of phenols is 1. The van der Waals surface area contributed by atoms with Crippen molar-refractivity contribution in [3.63, 3.8) is 0 Å². The molecule has 0 spiro atoms. The molecule has 24 heavy (non-hydrogen) atoms. The number of hydrogen-bond acceptors (Lipinski definition) is 7. The molecule has 0 radical (unpaired) electrons. The number of amides is 2. The van der Waals surface area contributed by atoms with Gasteiger partial charge in [0.1, 0.15) is 6.54 Å². The minimum absolute atomic E-state index is 0.0970. The van der Waals surface area contributed by atoms with Crippen molar-refractivity contribution >= 4 is 50.9 Å². The van der Waals surface area contributed by atoms with Gasteiger partial charge in [-0.3, -0.25) is 19.3 Å². The zero-order valence-electron chi connectivity index (χ0n) is 12.9. The van der Waals surface area contributed by atoms with Gasteiger partial charge in [0, 0.05) is 10.0 Å². The SMILES string of the molecule is CCOC(=O)CN1C(=O)S/C(=C/c2cc(Br)cc(OC)c2O)C1=O. The average Bonchev–Trinajstić information content (AvgIpc) is 2.78. The number of methoxy groups -OCH3 is 1. The number of halogens is 1. The van der Waals surface area contributed by atoms with Gasteiger partial charge in [0.25, 0.3) is 11.1 Å². The molecule has 9 heteroatoms. The van der Waals surface area contributed by atoms with Crippen LogP contribution in [0.15, 0.2) is 21.5 Å². The lowest BCUT2D eigenvalue weighted by Gasteiger charge is -2.11. The van der Waals surface area contributed by atoms with Gasteiger partial charge in [-0.15, -0.1) is 0 Å². The molecular weight excluding hydrogens is 402 g/mol. The van der Waals surface area contributed by atoms with Crippen LogP contribution in [-0.2, 0) is 14.3 Å². The van der Waals surface area contributed by atoms with Gasteiger partial charge >= 0.3 is 5.97 Å². The Hall–Kier alpha value is -2.00. The van der Waals surface area contributed by atoms with Gasteiger partial charge in [0.2, 0.25) is 0 Å². The van der Waals surface area contributed by atoms with Gasteiger partial charge in [-0.05, 0) is 36.9 Å². The highest BCUT2D eigenvalue weighted by Crippen LogP contribution is 2.38. The number of thioether (sulfide) groups is 1. The van der Waals surface area contributed by atoms with E-state index < -0.39 is 23.7 Å². The van der Waals surface area contributed by atoms with Gasteiger partial charge in [-0.1, -0.05) is 15.9 Å². The maximum absolute atomic E-state index is 12.3. The smallest absolute Gasteiger partial charge is 0.326 e. The second-order valence-corrected chi connectivity index (χ2v) is 6.53. The molecule has 1 aliphatic rings. The third-order valence-electron chi connectivity index (χ3n) is 3.04. The van der Waals surface area contributed by atoms with E-state index in [4.69, 9.17) is 9.47 Å². The number of esters is 1. The van der Waals surface area contributed by atoms with E-state index in [0.717, 1.165) is 4.90 Å². The average molecular weight is 416 g/mol. The Balaban J connectivity index is 2.29. The fourth-order valence-electron chi connectivity index (χ4n) is 1.97. The quantitative estimate of drug-likeness (QED) is 0.583. The monoisotopic (exact) mass is 415 g/mol. The summed E-state index contributed by atoms with van der Waals surface area (Å²) in [4.78, 5) is 36.6. The minimum Gasteiger partial charge on any atom is -0.504 e. The molecule has 2 amide bonds. The summed E-state index contributed by atoms with van der Waals surface area (Å²) in [5.41, 5.74) is 0.308. The molecule has 0 aliphatic carbocycles. The molecule has 1 N–H and O–H groups in total. The molecule has 0 unspecified atom stereocenters. The lowest BCUT2D eigenvalue weighted by atomic mass is 10.1. The molecule has 1 aromatic carbocycles. The van der Waals surface area contributed by atoms with E-state index in [-0.39, 0.29) is 23.0 Å². The first-order valence-electron chi connectivity index (χ1n) is 6.84. The Bertz CT molecular complexity index is 733. The number of ether oxygens (including phenoxy) is 2. The molecular formula is C15H14BrNO6S. The summed E-state index contributed by atoms with van der Waals surface area (Å²) >= 11 is 3.96. The molecule has 0 saturated carbocycles. The Kier molecular flexibility index (Phi) is 5.89. The summed E-state index contributed by atoms with van der Waals surface area (Å²) in [6, 6.07) is 3.15. The summed E-state index contributed by atoms with van der Waals surface area (Å²) in [7, 11) is 1.40. The van der Waals surface area contributed by atoms with Crippen molar-refractivity contribution in [1.29, 1.82) is 0 Å². The van der Waals surface area contributed by atoms with Crippen molar-refractivity contribution in [3.05, 3.63) is 27.1 Å². The lowest BCUT2D eigenvalue weighted by molar-refractivity contribution is -0.145. The van der Waals surface area contributed by atoms with Gasteiger partial charge in [-0.2, -0.15) is 0 Å².